The molecule has 11 heteroatoms. The number of hydrogen-bond donors (Lipinski definition) is 1. The molecule has 1 aromatic heterocycles. The molecule has 1 aliphatic carbocycles. The molecule has 2 bridgehead atoms. The third-order valence-corrected chi connectivity index (χ3v) is 10.8. The Morgan fingerprint density at radius 1 is 0.957 bits per heavy atom. The van der Waals surface area contributed by atoms with Gasteiger partial charge in [0.15, 0.2) is 0 Å². The number of carbonyl (C=O) groups is 2. The predicted molar refractivity (Wildman–Crippen MR) is 174 cm³/mol. The van der Waals surface area contributed by atoms with Gasteiger partial charge in [-0.25, -0.2) is 9.78 Å². The summed E-state index contributed by atoms with van der Waals surface area (Å²) < 4.78 is 41.5. The first-order chi connectivity index (χ1) is 22.7. The number of anilines is 2. The highest BCUT2D eigenvalue weighted by Gasteiger charge is 2.42. The molecule has 3 amide bonds. The summed E-state index contributed by atoms with van der Waals surface area (Å²) in [5.74, 6) is 1.58. The van der Waals surface area contributed by atoms with E-state index in [1.165, 1.54) is 17.8 Å². The molecule has 47 heavy (non-hydrogen) atoms. The Morgan fingerprint density at radius 3 is 2.30 bits per heavy atom. The van der Waals surface area contributed by atoms with Crippen molar-refractivity contribution in [2.45, 2.75) is 95.6 Å². The molecule has 0 radical (unpaired) electrons. The van der Waals surface area contributed by atoms with Crippen molar-refractivity contribution in [2.24, 2.45) is 5.92 Å². The molecule has 8 nitrogen and oxygen atoms in total. The first kappa shape index (κ1) is 31.7. The molecule has 3 aromatic rings. The van der Waals surface area contributed by atoms with Gasteiger partial charge in [0.05, 0.1) is 17.8 Å². The highest BCUT2D eigenvalue weighted by molar-refractivity contribution is 6.01. The van der Waals surface area contributed by atoms with E-state index in [9.17, 15) is 22.8 Å². The largest absolute Gasteiger partial charge is 0.416 e. The number of piperidine rings is 1. The second-order valence-corrected chi connectivity index (χ2v) is 13.7. The average Bonchev–Trinajstić information content (AvgIpc) is 3.47. The number of urea groups is 1. The molecule has 250 valence electrons. The van der Waals surface area contributed by atoms with Gasteiger partial charge < -0.3 is 14.8 Å². The quantitative estimate of drug-likeness (QED) is 0.281. The molecule has 1 saturated carbocycles. The van der Waals surface area contributed by atoms with Gasteiger partial charge in [-0.3, -0.25) is 14.6 Å². The van der Waals surface area contributed by atoms with Gasteiger partial charge in [-0.2, -0.15) is 13.2 Å². The number of amides is 3. The van der Waals surface area contributed by atoms with E-state index in [4.69, 9.17) is 4.98 Å². The highest BCUT2D eigenvalue weighted by atomic mass is 19.4. The Bertz CT molecular complexity index is 1570. The van der Waals surface area contributed by atoms with Crippen molar-refractivity contribution in [1.29, 1.82) is 0 Å². The standard InChI is InChI=1S/C36H43F3N6O2/c1-24-40-32-23-42(34(46)25-7-5-8-25)20-17-33(32)45(24)31-21-29-15-16-30(22-31)43(29)18-6-19-44(28-9-3-2-4-10-28)35(47)41-27-13-11-26(12-14-27)36(37,38)39/h2-4,9-14,25,29-31H,5-8,15-23H2,1H3,(H,41,47)/t29-,30-/m1/s1. The van der Waals surface area contributed by atoms with Gasteiger partial charge in [0.25, 0.3) is 0 Å². The fraction of sp³-hybridized carbons (Fsp3) is 0.528. The average molecular weight is 649 g/mol. The topological polar surface area (TPSA) is 73.7 Å². The van der Waals surface area contributed by atoms with Crippen molar-refractivity contribution >= 4 is 23.3 Å². The van der Waals surface area contributed by atoms with E-state index in [-0.39, 0.29) is 11.9 Å². The van der Waals surface area contributed by atoms with Crippen LogP contribution in [0, 0.1) is 12.8 Å². The molecule has 0 unspecified atom stereocenters. The van der Waals surface area contributed by atoms with Crippen molar-refractivity contribution in [1.82, 2.24) is 19.4 Å². The Balaban J connectivity index is 0.975. The van der Waals surface area contributed by atoms with Gasteiger partial charge in [-0.1, -0.05) is 24.6 Å². The molecule has 3 fully saturated rings. The minimum absolute atomic E-state index is 0.216. The molecule has 2 atom stereocenters. The lowest BCUT2D eigenvalue weighted by molar-refractivity contribution is -0.139. The summed E-state index contributed by atoms with van der Waals surface area (Å²) in [5, 5.41) is 2.78. The van der Waals surface area contributed by atoms with E-state index in [1.54, 1.807) is 4.90 Å². The van der Waals surface area contributed by atoms with Crippen molar-refractivity contribution in [3.05, 3.63) is 77.4 Å². The van der Waals surface area contributed by atoms with Crippen LogP contribution < -0.4 is 10.2 Å². The van der Waals surface area contributed by atoms with Crippen molar-refractivity contribution in [2.75, 3.05) is 29.9 Å². The Labute approximate surface area is 273 Å². The Hall–Kier alpha value is -3.86. The molecule has 7 rings (SSSR count). The van der Waals surface area contributed by atoms with Gasteiger partial charge in [0, 0.05) is 67.2 Å². The third kappa shape index (κ3) is 6.51. The molecular formula is C36H43F3N6O2. The number of aryl methyl sites for hydroxylation is 1. The summed E-state index contributed by atoms with van der Waals surface area (Å²) in [5.41, 5.74) is 2.70. The van der Waals surface area contributed by atoms with Gasteiger partial charge in [0.2, 0.25) is 5.91 Å². The third-order valence-electron chi connectivity index (χ3n) is 10.8. The number of imidazole rings is 1. The molecule has 2 aromatic carbocycles. The number of para-hydroxylation sites is 1. The number of benzene rings is 2. The van der Waals surface area contributed by atoms with Crippen molar-refractivity contribution < 1.29 is 22.8 Å². The van der Waals surface area contributed by atoms with Gasteiger partial charge >= 0.3 is 12.2 Å². The Morgan fingerprint density at radius 2 is 1.66 bits per heavy atom. The highest BCUT2D eigenvalue weighted by Crippen LogP contribution is 2.43. The number of fused-ring (bicyclic) bond motifs is 3. The van der Waals surface area contributed by atoms with Gasteiger partial charge in [0.1, 0.15) is 5.82 Å². The normalized spacial score (nSPS) is 22.9. The van der Waals surface area contributed by atoms with Gasteiger partial charge in [-0.05, 0) is 88.3 Å². The number of aromatic nitrogens is 2. The van der Waals surface area contributed by atoms with Crippen LogP contribution in [0.3, 0.4) is 0 Å². The van der Waals surface area contributed by atoms with Crippen LogP contribution in [0.2, 0.25) is 0 Å². The molecule has 4 heterocycles. The number of carbonyl (C=O) groups excluding carboxylic acids is 2. The second kappa shape index (κ2) is 13.0. The summed E-state index contributed by atoms with van der Waals surface area (Å²) in [6.07, 6.45) is 4.90. The maximum Gasteiger partial charge on any atom is 0.416 e. The van der Waals surface area contributed by atoms with Crippen LogP contribution in [0.4, 0.5) is 29.3 Å². The first-order valence-electron chi connectivity index (χ1n) is 17.1. The van der Waals surface area contributed by atoms with Crippen molar-refractivity contribution in [3.63, 3.8) is 0 Å². The molecule has 1 N–H and O–H groups in total. The summed E-state index contributed by atoms with van der Waals surface area (Å²) in [6, 6.07) is 14.9. The second-order valence-electron chi connectivity index (χ2n) is 13.7. The number of nitrogens with one attached hydrogen (secondary N) is 1. The Kier molecular flexibility index (Phi) is 8.76. The lowest BCUT2D eigenvalue weighted by Crippen LogP contribution is -2.46. The van der Waals surface area contributed by atoms with Crippen LogP contribution in [0.25, 0.3) is 0 Å². The number of nitrogens with zero attached hydrogens (tertiary/aromatic N) is 5. The zero-order valence-corrected chi connectivity index (χ0v) is 26.9. The number of alkyl halides is 3. The minimum Gasteiger partial charge on any atom is -0.336 e. The number of hydrogen-bond acceptors (Lipinski definition) is 4. The zero-order valence-electron chi connectivity index (χ0n) is 26.9. The summed E-state index contributed by atoms with van der Waals surface area (Å²) in [4.78, 5) is 37.6. The SMILES string of the molecule is Cc1nc2c(n1C1C[C@H]3CC[C@H](C1)N3CCCN(C(=O)Nc1ccc(C(F)(F)F)cc1)c1ccccc1)CCN(C(=O)C1CCC1)C2. The molecule has 0 spiro atoms. The molecule has 4 aliphatic rings. The fourth-order valence-electron chi connectivity index (χ4n) is 8.25. The van der Waals surface area contributed by atoms with E-state index in [0.717, 1.165) is 100 Å². The van der Waals surface area contributed by atoms with Crippen LogP contribution >= 0.6 is 0 Å². The van der Waals surface area contributed by atoms with E-state index in [0.29, 0.717) is 42.8 Å². The van der Waals surface area contributed by atoms with E-state index >= 15 is 0 Å². The lowest BCUT2D eigenvalue weighted by atomic mass is 9.84. The van der Waals surface area contributed by atoms with Crippen LogP contribution in [0.1, 0.15) is 80.2 Å². The molecule has 2 saturated heterocycles. The van der Waals surface area contributed by atoms with E-state index < -0.39 is 11.7 Å². The summed E-state index contributed by atoms with van der Waals surface area (Å²) in [7, 11) is 0. The maximum atomic E-state index is 13.4. The van der Waals surface area contributed by atoms with Crippen molar-refractivity contribution in [3.8, 4) is 0 Å². The lowest BCUT2D eigenvalue weighted by Gasteiger charge is -2.41. The van der Waals surface area contributed by atoms with E-state index in [2.05, 4.69) is 21.7 Å². The van der Waals surface area contributed by atoms with Gasteiger partial charge in [-0.15, -0.1) is 0 Å². The van der Waals surface area contributed by atoms with Crippen LogP contribution in [-0.2, 0) is 23.9 Å². The minimum atomic E-state index is -4.43. The number of halogens is 3. The van der Waals surface area contributed by atoms with Crippen LogP contribution in [0.5, 0.6) is 0 Å². The summed E-state index contributed by atoms with van der Waals surface area (Å²) >= 11 is 0. The number of rotatable bonds is 8. The fourth-order valence-corrected chi connectivity index (χ4v) is 8.25. The first-order valence-corrected chi connectivity index (χ1v) is 17.1. The maximum absolute atomic E-state index is 13.4. The van der Waals surface area contributed by atoms with Crippen LogP contribution in [-0.4, -0.2) is 63.0 Å². The predicted octanol–water partition coefficient (Wildman–Crippen LogP) is 7.19. The molecular weight excluding hydrogens is 605 g/mol. The molecule has 3 aliphatic heterocycles. The summed E-state index contributed by atoms with van der Waals surface area (Å²) in [6.45, 7) is 4.88. The monoisotopic (exact) mass is 648 g/mol. The van der Waals surface area contributed by atoms with E-state index in [1.807, 2.05) is 35.2 Å². The smallest absolute Gasteiger partial charge is 0.336 e. The zero-order chi connectivity index (χ0) is 32.7. The van der Waals surface area contributed by atoms with Crippen LogP contribution in [0.15, 0.2) is 54.6 Å².